The molecule has 0 aromatic heterocycles. The molecule has 1 nitrogen and oxygen atoms in total. The Bertz CT molecular complexity index is 342. The molecule has 0 spiro atoms. The van der Waals surface area contributed by atoms with Crippen LogP contribution in [0.25, 0.3) is 0 Å². The zero-order valence-electron chi connectivity index (χ0n) is 11.4. The van der Waals surface area contributed by atoms with Gasteiger partial charge in [0.2, 0.25) is 0 Å². The van der Waals surface area contributed by atoms with Crippen molar-refractivity contribution in [3.63, 3.8) is 0 Å². The van der Waals surface area contributed by atoms with Gasteiger partial charge in [-0.2, -0.15) is 0 Å². The summed E-state index contributed by atoms with van der Waals surface area (Å²) in [6.45, 7) is 8.01. The van der Waals surface area contributed by atoms with Gasteiger partial charge in [0.1, 0.15) is 0 Å². The van der Waals surface area contributed by atoms with Gasteiger partial charge in [-0.15, -0.1) is 0 Å². The zero-order chi connectivity index (χ0) is 12.3. The quantitative estimate of drug-likeness (QED) is 0.811. The van der Waals surface area contributed by atoms with E-state index in [0.717, 1.165) is 6.54 Å². The lowest BCUT2D eigenvalue weighted by Gasteiger charge is -2.38. The normalized spacial score (nSPS) is 25.9. The first-order valence-electron chi connectivity index (χ1n) is 6.97. The van der Waals surface area contributed by atoms with Gasteiger partial charge in [0.05, 0.1) is 0 Å². The molecule has 1 N–H and O–H groups in total. The molecule has 0 amide bonds. The Morgan fingerprint density at radius 2 is 1.76 bits per heavy atom. The minimum Gasteiger partial charge on any atom is -0.307 e. The van der Waals surface area contributed by atoms with Gasteiger partial charge in [0.25, 0.3) is 0 Å². The molecule has 1 heteroatoms. The molecule has 1 aromatic rings. The second kappa shape index (κ2) is 5.22. The molecular weight excluding hydrogens is 206 g/mol. The molecular formula is C16H25N. The third-order valence-electron chi connectivity index (χ3n) is 4.24. The zero-order valence-corrected chi connectivity index (χ0v) is 11.4. The van der Waals surface area contributed by atoms with E-state index < -0.39 is 0 Å². The second-order valence-corrected chi connectivity index (χ2v) is 5.73. The van der Waals surface area contributed by atoms with Gasteiger partial charge >= 0.3 is 0 Å². The van der Waals surface area contributed by atoms with Crippen molar-refractivity contribution >= 4 is 0 Å². The maximum Gasteiger partial charge on any atom is 0.0457 e. The Balaban J connectivity index is 2.35. The lowest BCUT2D eigenvalue weighted by Crippen LogP contribution is -2.46. The number of nitrogens with one attached hydrogen (secondary N) is 1. The summed E-state index contributed by atoms with van der Waals surface area (Å²) in [7, 11) is 0. The molecule has 17 heavy (non-hydrogen) atoms. The number of aryl methyl sites for hydroxylation is 1. The third-order valence-corrected chi connectivity index (χ3v) is 4.24. The van der Waals surface area contributed by atoms with E-state index in [0.29, 0.717) is 5.92 Å². The number of benzene rings is 1. The van der Waals surface area contributed by atoms with Crippen molar-refractivity contribution in [3.8, 4) is 0 Å². The van der Waals surface area contributed by atoms with Crippen molar-refractivity contribution in [2.45, 2.75) is 52.0 Å². The van der Waals surface area contributed by atoms with Crippen LogP contribution in [-0.4, -0.2) is 6.54 Å². The molecule has 94 valence electrons. The maximum absolute atomic E-state index is 3.83. The van der Waals surface area contributed by atoms with Crippen molar-refractivity contribution in [1.82, 2.24) is 5.32 Å². The molecule has 0 bridgehead atoms. The van der Waals surface area contributed by atoms with Crippen molar-refractivity contribution < 1.29 is 0 Å². The van der Waals surface area contributed by atoms with Crippen LogP contribution in [0.4, 0.5) is 0 Å². The standard InChI is InChI=1S/C16H25N/c1-13(2)16(11-5-4-6-12-17-16)15-9-7-14(3)8-10-15/h7-10,13,17H,4-6,11-12H2,1-3H3. The van der Waals surface area contributed by atoms with Crippen LogP contribution >= 0.6 is 0 Å². The highest BCUT2D eigenvalue weighted by Crippen LogP contribution is 2.36. The van der Waals surface area contributed by atoms with Crippen molar-refractivity contribution in [3.05, 3.63) is 35.4 Å². The molecule has 1 heterocycles. The minimum atomic E-state index is 0.199. The van der Waals surface area contributed by atoms with Gasteiger partial charge in [0.15, 0.2) is 0 Å². The van der Waals surface area contributed by atoms with Crippen molar-refractivity contribution in [2.75, 3.05) is 6.54 Å². The Kier molecular flexibility index (Phi) is 3.88. The van der Waals surface area contributed by atoms with Gasteiger partial charge in [0, 0.05) is 5.54 Å². The molecule has 1 fully saturated rings. The monoisotopic (exact) mass is 231 g/mol. The fourth-order valence-corrected chi connectivity index (χ4v) is 3.03. The molecule has 1 saturated heterocycles. The van der Waals surface area contributed by atoms with Crippen molar-refractivity contribution in [1.29, 1.82) is 0 Å². The summed E-state index contributed by atoms with van der Waals surface area (Å²) >= 11 is 0. The molecule has 1 atom stereocenters. The highest BCUT2D eigenvalue weighted by atomic mass is 15.0. The topological polar surface area (TPSA) is 12.0 Å². The molecule has 1 aliphatic rings. The number of hydrogen-bond donors (Lipinski definition) is 1. The van der Waals surface area contributed by atoms with Crippen LogP contribution in [0.15, 0.2) is 24.3 Å². The van der Waals surface area contributed by atoms with Crippen LogP contribution in [0.2, 0.25) is 0 Å². The fraction of sp³-hybridized carbons (Fsp3) is 0.625. The van der Waals surface area contributed by atoms with Crippen LogP contribution in [0.5, 0.6) is 0 Å². The second-order valence-electron chi connectivity index (χ2n) is 5.73. The predicted molar refractivity (Wildman–Crippen MR) is 74.2 cm³/mol. The maximum atomic E-state index is 3.83. The summed E-state index contributed by atoms with van der Waals surface area (Å²) in [5.41, 5.74) is 3.02. The minimum absolute atomic E-state index is 0.199. The Hall–Kier alpha value is -0.820. The van der Waals surface area contributed by atoms with E-state index in [1.165, 1.54) is 36.8 Å². The Morgan fingerprint density at radius 3 is 2.41 bits per heavy atom. The van der Waals surface area contributed by atoms with E-state index in [1.807, 2.05) is 0 Å². The number of hydrogen-bond acceptors (Lipinski definition) is 1. The van der Waals surface area contributed by atoms with E-state index in [2.05, 4.69) is 50.4 Å². The van der Waals surface area contributed by atoms with Crippen LogP contribution in [0.3, 0.4) is 0 Å². The first kappa shape index (κ1) is 12.6. The van der Waals surface area contributed by atoms with Gasteiger partial charge < -0.3 is 5.32 Å². The van der Waals surface area contributed by atoms with E-state index >= 15 is 0 Å². The first-order chi connectivity index (χ1) is 8.15. The molecule has 0 aliphatic carbocycles. The average Bonchev–Trinajstić information content (AvgIpc) is 2.56. The first-order valence-corrected chi connectivity index (χ1v) is 6.97. The fourth-order valence-electron chi connectivity index (χ4n) is 3.03. The summed E-state index contributed by atoms with van der Waals surface area (Å²) in [4.78, 5) is 0. The van der Waals surface area contributed by atoms with Crippen molar-refractivity contribution in [2.24, 2.45) is 5.92 Å². The summed E-state index contributed by atoms with van der Waals surface area (Å²) in [5.74, 6) is 0.642. The van der Waals surface area contributed by atoms with E-state index in [4.69, 9.17) is 0 Å². The van der Waals surface area contributed by atoms with E-state index in [1.54, 1.807) is 0 Å². The number of rotatable bonds is 2. The molecule has 1 unspecified atom stereocenters. The van der Waals surface area contributed by atoms with Gasteiger partial charge in [-0.05, 0) is 37.8 Å². The summed E-state index contributed by atoms with van der Waals surface area (Å²) in [6, 6.07) is 9.11. The Labute approximate surface area is 106 Å². The highest BCUT2D eigenvalue weighted by molar-refractivity contribution is 5.29. The van der Waals surface area contributed by atoms with Gasteiger partial charge in [-0.1, -0.05) is 56.5 Å². The lowest BCUT2D eigenvalue weighted by atomic mass is 9.76. The smallest absolute Gasteiger partial charge is 0.0457 e. The Morgan fingerprint density at radius 1 is 1.06 bits per heavy atom. The molecule has 1 aromatic carbocycles. The van der Waals surface area contributed by atoms with Gasteiger partial charge in [-0.25, -0.2) is 0 Å². The van der Waals surface area contributed by atoms with Gasteiger partial charge in [-0.3, -0.25) is 0 Å². The summed E-state index contributed by atoms with van der Waals surface area (Å²) in [5, 5.41) is 3.83. The van der Waals surface area contributed by atoms with Crippen LogP contribution in [0, 0.1) is 12.8 Å². The SMILES string of the molecule is Cc1ccc(C2(C(C)C)CCCCCN2)cc1. The predicted octanol–water partition coefficient (Wildman–Crippen LogP) is 4.01. The molecule has 0 saturated carbocycles. The van der Waals surface area contributed by atoms with Crippen LogP contribution in [0.1, 0.15) is 50.7 Å². The van der Waals surface area contributed by atoms with Crippen LogP contribution < -0.4 is 5.32 Å². The van der Waals surface area contributed by atoms with Crippen LogP contribution in [-0.2, 0) is 5.54 Å². The van der Waals surface area contributed by atoms with E-state index in [9.17, 15) is 0 Å². The molecule has 2 rings (SSSR count). The largest absolute Gasteiger partial charge is 0.307 e. The summed E-state index contributed by atoms with van der Waals surface area (Å²) in [6.07, 6.45) is 5.31. The molecule has 0 radical (unpaired) electrons. The average molecular weight is 231 g/mol. The lowest BCUT2D eigenvalue weighted by molar-refractivity contribution is 0.231. The third kappa shape index (κ3) is 2.55. The van der Waals surface area contributed by atoms with E-state index in [-0.39, 0.29) is 5.54 Å². The highest BCUT2D eigenvalue weighted by Gasteiger charge is 2.35. The molecule has 1 aliphatic heterocycles. The summed E-state index contributed by atoms with van der Waals surface area (Å²) < 4.78 is 0.